The summed E-state index contributed by atoms with van der Waals surface area (Å²) in [5, 5.41) is 11.0. The lowest BCUT2D eigenvalue weighted by Gasteiger charge is -2.10. The normalized spacial score (nSPS) is 11.7. The number of nitrogens with zero attached hydrogens (tertiary/aromatic N) is 2. The zero-order valence-corrected chi connectivity index (χ0v) is 9.20. The first-order valence-corrected chi connectivity index (χ1v) is 4.57. The van der Waals surface area contributed by atoms with E-state index in [1.54, 1.807) is 6.92 Å². The van der Waals surface area contributed by atoms with Crippen molar-refractivity contribution in [2.75, 3.05) is 12.4 Å². The summed E-state index contributed by atoms with van der Waals surface area (Å²) in [5.74, 6) is -0.508. The maximum Gasteiger partial charge on any atom is 0.336 e. The van der Waals surface area contributed by atoms with E-state index in [9.17, 15) is 9.59 Å². The number of methoxy groups -OCH3 is 1. The number of H-pyrrole nitrogens is 1. The van der Waals surface area contributed by atoms with Gasteiger partial charge in [-0.3, -0.25) is 14.9 Å². The molecule has 0 aliphatic heterocycles. The molecule has 1 aromatic heterocycles. The number of aromatic amines is 1. The lowest BCUT2D eigenvalue weighted by Crippen LogP contribution is -2.40. The minimum absolute atomic E-state index is 0.127. The van der Waals surface area contributed by atoms with Gasteiger partial charge in [0.1, 0.15) is 6.04 Å². The zero-order valence-electron chi connectivity index (χ0n) is 9.20. The van der Waals surface area contributed by atoms with E-state index in [0.717, 1.165) is 0 Å². The summed E-state index contributed by atoms with van der Waals surface area (Å²) in [6.07, 6.45) is 0. The lowest BCUT2D eigenvalue weighted by molar-refractivity contribution is -0.124. The first-order chi connectivity index (χ1) is 7.52. The molecular formula is C8H13N5O3. The molecule has 1 rings (SSSR count). The summed E-state index contributed by atoms with van der Waals surface area (Å²) in [7, 11) is 1.41. The van der Waals surface area contributed by atoms with Gasteiger partial charge in [0, 0.05) is 6.92 Å². The number of nitrogens with one attached hydrogen (secondary N) is 3. The van der Waals surface area contributed by atoms with Crippen LogP contribution >= 0.6 is 0 Å². The van der Waals surface area contributed by atoms with Crippen LogP contribution in [-0.2, 0) is 9.59 Å². The first-order valence-electron chi connectivity index (χ1n) is 4.57. The number of hydrogen-bond donors (Lipinski definition) is 3. The predicted octanol–water partition coefficient (Wildman–Crippen LogP) is -0.724. The third-order valence-electron chi connectivity index (χ3n) is 1.70. The maximum absolute atomic E-state index is 11.5. The monoisotopic (exact) mass is 227 g/mol. The quantitative estimate of drug-likeness (QED) is 0.628. The highest BCUT2D eigenvalue weighted by atomic mass is 16.5. The van der Waals surface area contributed by atoms with Crippen LogP contribution in [0.4, 0.5) is 5.95 Å². The number of hydrogen-bond acceptors (Lipinski definition) is 5. The molecule has 8 nitrogen and oxygen atoms in total. The van der Waals surface area contributed by atoms with E-state index in [-0.39, 0.29) is 17.9 Å². The molecule has 8 heteroatoms. The fourth-order valence-electron chi connectivity index (χ4n) is 0.989. The molecule has 3 N–H and O–H groups in total. The summed E-state index contributed by atoms with van der Waals surface area (Å²) in [6, 6.07) is -0.518. The highest BCUT2D eigenvalue weighted by Gasteiger charge is 2.15. The van der Waals surface area contributed by atoms with Crippen LogP contribution in [0.5, 0.6) is 6.01 Å². The molecule has 0 fully saturated rings. The molecule has 0 saturated carbocycles. The molecule has 1 unspecified atom stereocenters. The number of ether oxygens (including phenoxy) is 1. The van der Waals surface area contributed by atoms with Gasteiger partial charge in [0.2, 0.25) is 17.8 Å². The predicted molar refractivity (Wildman–Crippen MR) is 54.8 cm³/mol. The Morgan fingerprint density at radius 3 is 2.69 bits per heavy atom. The van der Waals surface area contributed by atoms with Crippen LogP contribution in [0, 0.1) is 0 Å². The highest BCUT2D eigenvalue weighted by molar-refractivity contribution is 5.95. The van der Waals surface area contributed by atoms with Crippen molar-refractivity contribution >= 4 is 17.8 Å². The largest absolute Gasteiger partial charge is 0.466 e. The Balaban J connectivity index is 2.53. The summed E-state index contributed by atoms with van der Waals surface area (Å²) in [6.45, 7) is 2.89. The molecule has 1 atom stereocenters. The van der Waals surface area contributed by atoms with Crippen LogP contribution in [0.15, 0.2) is 0 Å². The Morgan fingerprint density at radius 1 is 1.50 bits per heavy atom. The van der Waals surface area contributed by atoms with E-state index in [0.29, 0.717) is 0 Å². The highest BCUT2D eigenvalue weighted by Crippen LogP contribution is 2.04. The Labute approximate surface area is 91.8 Å². The van der Waals surface area contributed by atoms with Gasteiger partial charge in [0.25, 0.3) is 0 Å². The van der Waals surface area contributed by atoms with Gasteiger partial charge in [-0.05, 0) is 6.92 Å². The van der Waals surface area contributed by atoms with Crippen LogP contribution < -0.4 is 15.4 Å². The second-order valence-corrected chi connectivity index (χ2v) is 3.08. The van der Waals surface area contributed by atoms with Crippen molar-refractivity contribution in [2.45, 2.75) is 19.9 Å². The third-order valence-corrected chi connectivity index (χ3v) is 1.70. The standard InChI is InChI=1S/C8H13N5O3/c1-4(9-5(2)14)6(15)10-7-11-8(16-3)13-12-7/h4H,1-3H3,(H,9,14)(H2,10,11,12,13,15). The summed E-state index contributed by atoms with van der Waals surface area (Å²) >= 11 is 0. The summed E-state index contributed by atoms with van der Waals surface area (Å²) in [5.41, 5.74) is 0. The van der Waals surface area contributed by atoms with Crippen molar-refractivity contribution in [2.24, 2.45) is 0 Å². The van der Waals surface area contributed by atoms with Crippen molar-refractivity contribution in [3.8, 4) is 6.01 Å². The smallest absolute Gasteiger partial charge is 0.336 e. The van der Waals surface area contributed by atoms with Crippen molar-refractivity contribution in [1.29, 1.82) is 0 Å². The van der Waals surface area contributed by atoms with Gasteiger partial charge in [-0.2, -0.15) is 4.98 Å². The molecule has 0 aromatic carbocycles. The average molecular weight is 227 g/mol. The molecular weight excluding hydrogens is 214 g/mol. The van der Waals surface area contributed by atoms with Gasteiger partial charge < -0.3 is 10.1 Å². The minimum atomic E-state index is -0.645. The molecule has 0 aliphatic carbocycles. The van der Waals surface area contributed by atoms with Crippen molar-refractivity contribution < 1.29 is 14.3 Å². The Kier molecular flexibility index (Phi) is 3.81. The van der Waals surface area contributed by atoms with Crippen molar-refractivity contribution in [1.82, 2.24) is 20.5 Å². The second-order valence-electron chi connectivity index (χ2n) is 3.08. The number of amides is 2. The lowest BCUT2D eigenvalue weighted by atomic mass is 10.3. The number of anilines is 1. The molecule has 1 aromatic rings. The molecule has 0 radical (unpaired) electrons. The van der Waals surface area contributed by atoms with Crippen LogP contribution in [0.1, 0.15) is 13.8 Å². The molecule has 0 aliphatic rings. The Morgan fingerprint density at radius 2 is 2.19 bits per heavy atom. The molecule has 0 saturated heterocycles. The number of carbonyl (C=O) groups excluding carboxylic acids is 2. The molecule has 2 amide bonds. The maximum atomic E-state index is 11.5. The number of aromatic nitrogens is 3. The van der Waals surface area contributed by atoms with E-state index < -0.39 is 11.9 Å². The van der Waals surface area contributed by atoms with Crippen molar-refractivity contribution in [3.63, 3.8) is 0 Å². The van der Waals surface area contributed by atoms with E-state index >= 15 is 0 Å². The van der Waals surface area contributed by atoms with E-state index in [1.165, 1.54) is 14.0 Å². The number of carbonyl (C=O) groups is 2. The van der Waals surface area contributed by atoms with E-state index in [1.807, 2.05) is 0 Å². The van der Waals surface area contributed by atoms with Crippen LogP contribution in [0.2, 0.25) is 0 Å². The van der Waals surface area contributed by atoms with E-state index in [2.05, 4.69) is 25.8 Å². The fourth-order valence-corrected chi connectivity index (χ4v) is 0.989. The molecule has 0 spiro atoms. The zero-order chi connectivity index (χ0) is 12.1. The third kappa shape index (κ3) is 3.23. The summed E-state index contributed by atoms with van der Waals surface area (Å²) < 4.78 is 4.73. The minimum Gasteiger partial charge on any atom is -0.466 e. The topological polar surface area (TPSA) is 109 Å². The van der Waals surface area contributed by atoms with E-state index in [4.69, 9.17) is 4.74 Å². The second kappa shape index (κ2) is 5.10. The Bertz CT molecular complexity index is 389. The van der Waals surface area contributed by atoms with Gasteiger partial charge in [0.15, 0.2) is 0 Å². The van der Waals surface area contributed by atoms with Gasteiger partial charge in [-0.1, -0.05) is 0 Å². The average Bonchev–Trinajstić information content (AvgIpc) is 2.64. The summed E-state index contributed by atoms with van der Waals surface area (Å²) in [4.78, 5) is 26.0. The molecule has 88 valence electrons. The molecule has 16 heavy (non-hydrogen) atoms. The van der Waals surface area contributed by atoms with Gasteiger partial charge in [-0.15, -0.1) is 5.10 Å². The SMILES string of the molecule is COc1n[nH]c(NC(=O)C(C)NC(C)=O)n1. The number of rotatable bonds is 4. The molecule has 1 heterocycles. The van der Waals surface area contributed by atoms with Crippen molar-refractivity contribution in [3.05, 3.63) is 0 Å². The van der Waals surface area contributed by atoms with Gasteiger partial charge in [0.05, 0.1) is 7.11 Å². The van der Waals surface area contributed by atoms with Crippen LogP contribution in [0.25, 0.3) is 0 Å². The van der Waals surface area contributed by atoms with Crippen LogP contribution in [-0.4, -0.2) is 40.1 Å². The Hall–Kier alpha value is -2.12. The van der Waals surface area contributed by atoms with Crippen LogP contribution in [0.3, 0.4) is 0 Å². The van der Waals surface area contributed by atoms with Gasteiger partial charge in [-0.25, -0.2) is 5.10 Å². The fraction of sp³-hybridized carbons (Fsp3) is 0.500. The molecule has 0 bridgehead atoms. The van der Waals surface area contributed by atoms with Gasteiger partial charge >= 0.3 is 6.01 Å². The first kappa shape index (κ1) is 12.0.